The lowest BCUT2D eigenvalue weighted by atomic mass is 10.1. The Morgan fingerprint density at radius 3 is 2.50 bits per heavy atom. The first-order chi connectivity index (χ1) is 12.5. The van der Waals surface area contributed by atoms with Crippen LogP contribution in [0.1, 0.15) is 30.4 Å². The van der Waals surface area contributed by atoms with Gasteiger partial charge in [-0.1, -0.05) is 18.2 Å². The number of carbonyl (C=O) groups excluding carboxylic acids is 2. The summed E-state index contributed by atoms with van der Waals surface area (Å²) in [5.41, 5.74) is 3.54. The molecule has 5 nitrogen and oxygen atoms in total. The number of hydrogen-bond donors (Lipinski definition) is 2. The van der Waals surface area contributed by atoms with Gasteiger partial charge in [-0.2, -0.15) is 0 Å². The highest BCUT2D eigenvalue weighted by Crippen LogP contribution is 2.30. The molecule has 136 valence electrons. The van der Waals surface area contributed by atoms with Crippen LogP contribution in [0.4, 0.5) is 11.4 Å². The van der Waals surface area contributed by atoms with Crippen molar-refractivity contribution in [3.8, 4) is 5.75 Å². The van der Waals surface area contributed by atoms with Crippen LogP contribution in [0.25, 0.3) is 0 Å². The zero-order valence-corrected chi connectivity index (χ0v) is 15.2. The topological polar surface area (TPSA) is 67.4 Å². The Balaban J connectivity index is 1.48. The molecule has 2 amide bonds. The molecule has 0 aromatic heterocycles. The largest absolute Gasteiger partial charge is 0.493 e. The van der Waals surface area contributed by atoms with E-state index in [1.165, 1.54) is 0 Å². The number of ether oxygens (including phenoxy) is 1. The van der Waals surface area contributed by atoms with Gasteiger partial charge in [0.2, 0.25) is 11.8 Å². The van der Waals surface area contributed by atoms with Crippen molar-refractivity contribution in [2.75, 3.05) is 17.2 Å². The van der Waals surface area contributed by atoms with Gasteiger partial charge in [-0.25, -0.2) is 0 Å². The van der Waals surface area contributed by atoms with E-state index < -0.39 is 0 Å². The maximum Gasteiger partial charge on any atom is 0.227 e. The number of rotatable bonds is 7. The van der Waals surface area contributed by atoms with Gasteiger partial charge >= 0.3 is 0 Å². The molecule has 26 heavy (non-hydrogen) atoms. The molecule has 0 unspecified atom stereocenters. The van der Waals surface area contributed by atoms with Gasteiger partial charge in [-0.15, -0.1) is 0 Å². The molecule has 2 N–H and O–H groups in total. The van der Waals surface area contributed by atoms with Gasteiger partial charge in [-0.05, 0) is 62.1 Å². The summed E-state index contributed by atoms with van der Waals surface area (Å²) >= 11 is 0. The van der Waals surface area contributed by atoms with Crippen molar-refractivity contribution >= 4 is 23.2 Å². The summed E-state index contributed by atoms with van der Waals surface area (Å²) in [5.74, 6) is 0.884. The number of nitrogens with one attached hydrogen (secondary N) is 2. The van der Waals surface area contributed by atoms with Crippen molar-refractivity contribution in [1.29, 1.82) is 0 Å². The second kappa shape index (κ2) is 8.04. The Hall–Kier alpha value is -2.82. The third-order valence-corrected chi connectivity index (χ3v) is 4.29. The number of benzene rings is 2. The number of hydrogen-bond acceptors (Lipinski definition) is 3. The van der Waals surface area contributed by atoms with Crippen LogP contribution in [0, 0.1) is 19.8 Å². The summed E-state index contributed by atoms with van der Waals surface area (Å²) in [4.78, 5) is 23.9. The minimum absolute atomic E-state index is 0.0513. The lowest BCUT2D eigenvalue weighted by Crippen LogP contribution is -2.16. The van der Waals surface area contributed by atoms with E-state index in [1.807, 2.05) is 44.2 Å². The van der Waals surface area contributed by atoms with E-state index in [0.717, 1.165) is 29.7 Å². The Labute approximate surface area is 153 Å². The van der Waals surface area contributed by atoms with E-state index in [0.29, 0.717) is 18.0 Å². The van der Waals surface area contributed by atoms with Crippen molar-refractivity contribution in [1.82, 2.24) is 0 Å². The molecule has 1 aliphatic rings. The molecule has 0 saturated heterocycles. The fourth-order valence-corrected chi connectivity index (χ4v) is 2.60. The zero-order valence-electron chi connectivity index (χ0n) is 15.2. The molecule has 0 bridgehead atoms. The molecular weight excluding hydrogens is 328 g/mol. The van der Waals surface area contributed by atoms with Crippen molar-refractivity contribution in [3.05, 3.63) is 53.6 Å². The van der Waals surface area contributed by atoms with Crippen LogP contribution >= 0.6 is 0 Å². The monoisotopic (exact) mass is 352 g/mol. The van der Waals surface area contributed by atoms with E-state index >= 15 is 0 Å². The van der Waals surface area contributed by atoms with Crippen molar-refractivity contribution in [2.24, 2.45) is 5.92 Å². The number of amides is 2. The Bertz CT molecular complexity index is 813. The standard InChI is InChI=1S/C21H24N2O3/c1-14-6-7-15(2)19(12-14)26-11-10-20(24)22-17-4-3-5-18(13-17)23-21(25)16-8-9-16/h3-7,12-13,16H,8-11H2,1-2H3,(H,22,24)(H,23,25). The van der Waals surface area contributed by atoms with E-state index in [9.17, 15) is 9.59 Å². The smallest absolute Gasteiger partial charge is 0.227 e. The summed E-state index contributed by atoms with van der Waals surface area (Å²) in [6.07, 6.45) is 2.18. The van der Waals surface area contributed by atoms with E-state index in [1.54, 1.807) is 12.1 Å². The highest BCUT2D eigenvalue weighted by Gasteiger charge is 2.29. The summed E-state index contributed by atoms with van der Waals surface area (Å²) in [7, 11) is 0. The van der Waals surface area contributed by atoms with Gasteiger partial charge in [0.15, 0.2) is 0 Å². The quantitative estimate of drug-likeness (QED) is 0.790. The molecule has 1 aliphatic carbocycles. The fourth-order valence-electron chi connectivity index (χ4n) is 2.60. The first-order valence-electron chi connectivity index (χ1n) is 8.92. The second-order valence-electron chi connectivity index (χ2n) is 6.76. The predicted octanol–water partition coefficient (Wildman–Crippen LogP) is 4.06. The van der Waals surface area contributed by atoms with E-state index in [4.69, 9.17) is 4.74 Å². The van der Waals surface area contributed by atoms with Gasteiger partial charge in [-0.3, -0.25) is 9.59 Å². The van der Waals surface area contributed by atoms with Gasteiger partial charge in [0.05, 0.1) is 13.0 Å². The normalized spacial score (nSPS) is 13.2. The molecule has 1 fully saturated rings. The molecule has 1 saturated carbocycles. The molecule has 0 radical (unpaired) electrons. The van der Waals surface area contributed by atoms with Gasteiger partial charge in [0.1, 0.15) is 5.75 Å². The Kier molecular flexibility index (Phi) is 5.56. The molecule has 3 rings (SSSR count). The SMILES string of the molecule is Cc1ccc(C)c(OCCC(=O)Nc2cccc(NC(=O)C3CC3)c2)c1. The minimum Gasteiger partial charge on any atom is -0.493 e. The summed E-state index contributed by atoms with van der Waals surface area (Å²) in [6, 6.07) is 13.2. The number of carbonyl (C=O) groups is 2. The van der Waals surface area contributed by atoms with Crippen LogP contribution < -0.4 is 15.4 Å². The van der Waals surface area contributed by atoms with Crippen LogP contribution in [0.2, 0.25) is 0 Å². The van der Waals surface area contributed by atoms with Crippen LogP contribution in [0.5, 0.6) is 5.75 Å². The lowest BCUT2D eigenvalue weighted by Gasteiger charge is -2.11. The van der Waals surface area contributed by atoms with Crippen molar-refractivity contribution < 1.29 is 14.3 Å². The predicted molar refractivity (Wildman–Crippen MR) is 102 cm³/mol. The van der Waals surface area contributed by atoms with Crippen LogP contribution in [0.15, 0.2) is 42.5 Å². The Morgan fingerprint density at radius 2 is 1.77 bits per heavy atom. The average molecular weight is 352 g/mol. The summed E-state index contributed by atoms with van der Waals surface area (Å²) < 4.78 is 5.72. The van der Waals surface area contributed by atoms with Gasteiger partial charge < -0.3 is 15.4 Å². The molecular formula is C21H24N2O3. The van der Waals surface area contributed by atoms with Crippen molar-refractivity contribution in [3.63, 3.8) is 0 Å². The van der Waals surface area contributed by atoms with Crippen LogP contribution in [0.3, 0.4) is 0 Å². The molecule has 0 spiro atoms. The lowest BCUT2D eigenvalue weighted by molar-refractivity contribution is -0.117. The van der Waals surface area contributed by atoms with Crippen molar-refractivity contribution in [2.45, 2.75) is 33.1 Å². The maximum atomic E-state index is 12.1. The summed E-state index contributed by atoms with van der Waals surface area (Å²) in [5, 5.41) is 5.72. The van der Waals surface area contributed by atoms with E-state index in [-0.39, 0.29) is 24.2 Å². The molecule has 2 aromatic carbocycles. The molecule has 5 heteroatoms. The number of anilines is 2. The first kappa shape index (κ1) is 18.0. The first-order valence-corrected chi connectivity index (χ1v) is 8.92. The Morgan fingerprint density at radius 1 is 1.04 bits per heavy atom. The van der Waals surface area contributed by atoms with Gasteiger partial charge in [0.25, 0.3) is 0 Å². The van der Waals surface area contributed by atoms with Crippen LogP contribution in [-0.2, 0) is 9.59 Å². The average Bonchev–Trinajstić information content (AvgIpc) is 3.43. The third-order valence-electron chi connectivity index (χ3n) is 4.29. The molecule has 2 aromatic rings. The summed E-state index contributed by atoms with van der Waals surface area (Å²) in [6.45, 7) is 4.30. The maximum absolute atomic E-state index is 12.1. The number of aryl methyl sites for hydroxylation is 2. The third kappa shape index (κ3) is 5.09. The second-order valence-corrected chi connectivity index (χ2v) is 6.76. The highest BCUT2D eigenvalue weighted by molar-refractivity contribution is 5.95. The minimum atomic E-state index is -0.124. The fraction of sp³-hybridized carbons (Fsp3) is 0.333. The van der Waals surface area contributed by atoms with E-state index in [2.05, 4.69) is 10.6 Å². The molecule has 0 aliphatic heterocycles. The van der Waals surface area contributed by atoms with Gasteiger partial charge in [0, 0.05) is 17.3 Å². The highest BCUT2D eigenvalue weighted by atomic mass is 16.5. The zero-order chi connectivity index (χ0) is 18.5. The van der Waals surface area contributed by atoms with Crippen LogP contribution in [-0.4, -0.2) is 18.4 Å². The molecule has 0 heterocycles. The molecule has 0 atom stereocenters.